The van der Waals surface area contributed by atoms with Gasteiger partial charge in [0.25, 0.3) is 5.91 Å². The molecule has 0 bridgehead atoms. The summed E-state index contributed by atoms with van der Waals surface area (Å²) in [6.45, 7) is 0. The second-order valence-electron chi connectivity index (χ2n) is 4.75. The zero-order chi connectivity index (χ0) is 13.2. The van der Waals surface area contributed by atoms with Crippen LogP contribution in [0.1, 0.15) is 28.2 Å². The number of aromatic nitrogens is 2. The zero-order valence-corrected chi connectivity index (χ0v) is 12.3. The monoisotopic (exact) mass is 311 g/mol. The zero-order valence-electron chi connectivity index (χ0n) is 10.7. The Morgan fingerprint density at radius 3 is 2.85 bits per heavy atom. The molecule has 2 aromatic rings. The molecule has 1 aromatic carbocycles. The van der Waals surface area contributed by atoms with Crippen molar-refractivity contribution in [1.82, 2.24) is 15.3 Å². The van der Waals surface area contributed by atoms with Crippen LogP contribution < -0.4 is 5.32 Å². The summed E-state index contributed by atoms with van der Waals surface area (Å²) in [5.74, 6) is -0.0513. The van der Waals surface area contributed by atoms with Gasteiger partial charge >= 0.3 is 0 Å². The average Bonchev–Trinajstić information content (AvgIpc) is 2.87. The van der Waals surface area contributed by atoms with Crippen LogP contribution in [-0.4, -0.2) is 21.9 Å². The van der Waals surface area contributed by atoms with E-state index in [9.17, 15) is 4.79 Å². The molecule has 1 unspecified atom stereocenters. The Morgan fingerprint density at radius 2 is 2.10 bits per heavy atom. The van der Waals surface area contributed by atoms with E-state index in [4.69, 9.17) is 11.6 Å². The van der Waals surface area contributed by atoms with Crippen LogP contribution in [0.25, 0.3) is 0 Å². The van der Waals surface area contributed by atoms with Gasteiger partial charge in [0.1, 0.15) is 0 Å². The molecule has 0 aliphatic heterocycles. The van der Waals surface area contributed by atoms with Crippen LogP contribution in [-0.2, 0) is 12.8 Å². The van der Waals surface area contributed by atoms with Crippen LogP contribution in [0.5, 0.6) is 0 Å². The summed E-state index contributed by atoms with van der Waals surface area (Å²) in [5.41, 5.74) is 2.89. The third kappa shape index (κ3) is 3.14. The van der Waals surface area contributed by atoms with Gasteiger partial charge in [0.15, 0.2) is 0 Å². The number of aromatic amines is 1. The molecule has 1 aliphatic carbocycles. The van der Waals surface area contributed by atoms with E-state index >= 15 is 0 Å². The molecule has 1 aliphatic rings. The smallest absolute Gasteiger partial charge is 0.251 e. The van der Waals surface area contributed by atoms with E-state index in [1.54, 1.807) is 30.6 Å². The van der Waals surface area contributed by atoms with Gasteiger partial charge in [-0.25, -0.2) is 4.98 Å². The summed E-state index contributed by atoms with van der Waals surface area (Å²) in [6, 6.07) is 7.09. The molecule has 1 amide bonds. The van der Waals surface area contributed by atoms with Crippen molar-refractivity contribution < 1.29 is 4.79 Å². The highest BCUT2D eigenvalue weighted by Crippen LogP contribution is 2.18. The predicted octanol–water partition coefficient (Wildman–Crippen LogP) is 2.77. The van der Waals surface area contributed by atoms with Gasteiger partial charge in [0.2, 0.25) is 0 Å². The fourth-order valence-corrected chi connectivity index (χ4v) is 2.52. The summed E-state index contributed by atoms with van der Waals surface area (Å²) in [4.78, 5) is 19.5. The van der Waals surface area contributed by atoms with Gasteiger partial charge in [-0.1, -0.05) is 11.6 Å². The van der Waals surface area contributed by atoms with Crippen LogP contribution in [0.15, 0.2) is 30.6 Å². The molecular formula is C14H15Cl2N3O. The van der Waals surface area contributed by atoms with Crippen molar-refractivity contribution in [3.8, 4) is 0 Å². The number of nitrogens with zero attached hydrogens (tertiary/aromatic N) is 1. The standard InChI is InChI=1S/C14H14ClN3O.ClH/c15-10-3-1-9(2-4-10)14(19)18-11-5-6-12-13(7-11)17-8-16-12;/h1-4,8,11H,5-7H2,(H,16,17)(H,18,19);1H. The van der Waals surface area contributed by atoms with E-state index in [2.05, 4.69) is 15.3 Å². The van der Waals surface area contributed by atoms with Crippen LogP contribution in [0.2, 0.25) is 5.02 Å². The van der Waals surface area contributed by atoms with Crippen molar-refractivity contribution in [1.29, 1.82) is 0 Å². The van der Waals surface area contributed by atoms with Crippen molar-refractivity contribution >= 4 is 29.9 Å². The Balaban J connectivity index is 0.00000147. The first-order valence-electron chi connectivity index (χ1n) is 6.30. The first-order valence-corrected chi connectivity index (χ1v) is 6.68. The van der Waals surface area contributed by atoms with Crippen LogP contribution in [0.3, 0.4) is 0 Å². The highest BCUT2D eigenvalue weighted by Gasteiger charge is 2.22. The number of fused-ring (bicyclic) bond motifs is 1. The molecule has 0 fully saturated rings. The van der Waals surface area contributed by atoms with E-state index in [-0.39, 0.29) is 24.4 Å². The van der Waals surface area contributed by atoms with Gasteiger partial charge in [-0.05, 0) is 37.1 Å². The minimum atomic E-state index is -0.0513. The molecular weight excluding hydrogens is 297 g/mol. The number of imidazole rings is 1. The highest BCUT2D eigenvalue weighted by atomic mass is 35.5. The Labute approximate surface area is 128 Å². The molecule has 1 heterocycles. The van der Waals surface area contributed by atoms with Crippen molar-refractivity contribution in [3.05, 3.63) is 52.6 Å². The van der Waals surface area contributed by atoms with E-state index < -0.39 is 0 Å². The summed E-state index contributed by atoms with van der Waals surface area (Å²) in [6.07, 6.45) is 4.37. The van der Waals surface area contributed by atoms with Gasteiger partial charge in [0, 0.05) is 28.7 Å². The molecule has 4 nitrogen and oxygen atoms in total. The summed E-state index contributed by atoms with van der Waals surface area (Å²) >= 11 is 5.81. The molecule has 20 heavy (non-hydrogen) atoms. The van der Waals surface area contributed by atoms with Crippen molar-refractivity contribution in [3.63, 3.8) is 0 Å². The van der Waals surface area contributed by atoms with Crippen LogP contribution >= 0.6 is 24.0 Å². The number of hydrogen-bond acceptors (Lipinski definition) is 2. The number of benzene rings is 1. The molecule has 2 N–H and O–H groups in total. The van der Waals surface area contributed by atoms with Gasteiger partial charge < -0.3 is 10.3 Å². The largest absolute Gasteiger partial charge is 0.349 e. The molecule has 3 rings (SSSR count). The van der Waals surface area contributed by atoms with E-state index in [1.807, 2.05) is 0 Å². The summed E-state index contributed by atoms with van der Waals surface area (Å²) in [7, 11) is 0. The van der Waals surface area contributed by atoms with E-state index in [1.165, 1.54) is 0 Å². The van der Waals surface area contributed by atoms with Crippen molar-refractivity contribution in [2.75, 3.05) is 0 Å². The number of nitrogens with one attached hydrogen (secondary N) is 2. The normalized spacial score (nSPS) is 16.9. The second-order valence-corrected chi connectivity index (χ2v) is 5.18. The summed E-state index contributed by atoms with van der Waals surface area (Å²) < 4.78 is 0. The maximum atomic E-state index is 12.1. The average molecular weight is 312 g/mol. The Kier molecular flexibility index (Phi) is 4.68. The van der Waals surface area contributed by atoms with Crippen molar-refractivity contribution in [2.24, 2.45) is 0 Å². The number of aryl methyl sites for hydroxylation is 1. The number of amides is 1. The maximum absolute atomic E-state index is 12.1. The lowest BCUT2D eigenvalue weighted by Crippen LogP contribution is -2.38. The fourth-order valence-electron chi connectivity index (χ4n) is 2.39. The SMILES string of the molecule is Cl.O=C(NC1CCc2nc[nH]c2C1)c1ccc(Cl)cc1. The van der Waals surface area contributed by atoms with Gasteiger partial charge in [-0.2, -0.15) is 0 Å². The van der Waals surface area contributed by atoms with E-state index in [0.717, 1.165) is 30.7 Å². The number of hydrogen-bond donors (Lipinski definition) is 2. The van der Waals surface area contributed by atoms with Crippen LogP contribution in [0, 0.1) is 0 Å². The Morgan fingerprint density at radius 1 is 1.35 bits per heavy atom. The molecule has 106 valence electrons. The molecule has 0 saturated heterocycles. The third-order valence-electron chi connectivity index (χ3n) is 3.43. The molecule has 0 saturated carbocycles. The quantitative estimate of drug-likeness (QED) is 0.896. The van der Waals surface area contributed by atoms with Gasteiger partial charge in [-0.15, -0.1) is 12.4 Å². The van der Waals surface area contributed by atoms with Crippen molar-refractivity contribution in [2.45, 2.75) is 25.3 Å². The minimum absolute atomic E-state index is 0. The third-order valence-corrected chi connectivity index (χ3v) is 3.68. The first kappa shape index (κ1) is 14.9. The molecule has 6 heteroatoms. The molecule has 1 atom stereocenters. The highest BCUT2D eigenvalue weighted by molar-refractivity contribution is 6.30. The maximum Gasteiger partial charge on any atom is 0.251 e. The van der Waals surface area contributed by atoms with E-state index in [0.29, 0.717) is 10.6 Å². The topological polar surface area (TPSA) is 57.8 Å². The number of rotatable bonds is 2. The minimum Gasteiger partial charge on any atom is -0.349 e. The molecule has 0 radical (unpaired) electrons. The van der Waals surface area contributed by atoms with Gasteiger partial charge in [-0.3, -0.25) is 4.79 Å². The number of halogens is 2. The van der Waals surface area contributed by atoms with Gasteiger partial charge in [0.05, 0.1) is 12.0 Å². The van der Waals surface area contributed by atoms with Crippen LogP contribution in [0.4, 0.5) is 0 Å². The molecule has 1 aromatic heterocycles. The number of carbonyl (C=O) groups excluding carboxylic acids is 1. The number of H-pyrrole nitrogens is 1. The molecule has 0 spiro atoms. The predicted molar refractivity (Wildman–Crippen MR) is 80.6 cm³/mol. The lowest BCUT2D eigenvalue weighted by Gasteiger charge is -2.22. The Bertz CT molecular complexity index is 595. The Hall–Kier alpha value is -1.52. The first-order chi connectivity index (χ1) is 9.22. The lowest BCUT2D eigenvalue weighted by atomic mass is 9.96. The summed E-state index contributed by atoms with van der Waals surface area (Å²) in [5, 5.41) is 3.69. The second kappa shape index (κ2) is 6.29. The lowest BCUT2D eigenvalue weighted by molar-refractivity contribution is 0.0933. The fraction of sp³-hybridized carbons (Fsp3) is 0.286. The number of carbonyl (C=O) groups is 1.